The van der Waals surface area contributed by atoms with E-state index in [-0.39, 0.29) is 35.5 Å². The van der Waals surface area contributed by atoms with Gasteiger partial charge in [0.05, 0.1) is 12.2 Å². The molecule has 0 amide bonds. The number of hydrogen-bond acceptors (Lipinski definition) is 5. The van der Waals surface area contributed by atoms with Crippen LogP contribution in [0, 0.1) is 18.7 Å². The van der Waals surface area contributed by atoms with E-state index < -0.39 is 23.5 Å². The summed E-state index contributed by atoms with van der Waals surface area (Å²) in [5, 5.41) is -0.246. The second-order valence-electron chi connectivity index (χ2n) is 5.59. The van der Waals surface area contributed by atoms with E-state index in [4.69, 9.17) is 16.3 Å². The lowest BCUT2D eigenvalue weighted by Gasteiger charge is -2.34. The van der Waals surface area contributed by atoms with Crippen LogP contribution in [0.25, 0.3) is 0 Å². The molecule has 2 aliphatic rings. The van der Waals surface area contributed by atoms with Crippen LogP contribution >= 0.6 is 11.6 Å². The highest BCUT2D eigenvalue weighted by molar-refractivity contribution is 6.30. The standard InChI is InChI=1S/C15H16ClFN2O3/c1-3-22-15(21)9-6-19(8-4-5-8)14-10(12(9)20)7(2)11(17)13(16)18-14/h8-9H,3-6H2,1-2H3/t9-/m1/s1. The fourth-order valence-corrected chi connectivity index (χ4v) is 3.03. The molecule has 1 atom stereocenters. The molecule has 0 aromatic carbocycles. The lowest BCUT2D eigenvalue weighted by molar-refractivity contribution is -0.145. The number of carbonyl (C=O) groups is 2. The number of ketones is 1. The van der Waals surface area contributed by atoms with Crippen LogP contribution in [0.5, 0.6) is 0 Å². The molecule has 0 unspecified atom stereocenters. The van der Waals surface area contributed by atoms with Gasteiger partial charge in [-0.1, -0.05) is 11.6 Å². The molecule has 1 aliphatic carbocycles. The number of Topliss-reactive ketones (excluding diaryl/α,β-unsaturated/α-hetero) is 1. The van der Waals surface area contributed by atoms with Crippen molar-refractivity contribution in [2.24, 2.45) is 5.92 Å². The molecule has 22 heavy (non-hydrogen) atoms. The second kappa shape index (κ2) is 5.50. The van der Waals surface area contributed by atoms with Gasteiger partial charge in [0.1, 0.15) is 11.7 Å². The zero-order valence-electron chi connectivity index (χ0n) is 12.4. The molecule has 0 radical (unpaired) electrons. The molecular weight excluding hydrogens is 311 g/mol. The Morgan fingerprint density at radius 1 is 1.50 bits per heavy atom. The molecule has 1 aromatic heterocycles. The third-order valence-corrected chi connectivity index (χ3v) is 4.34. The van der Waals surface area contributed by atoms with Crippen molar-refractivity contribution in [2.75, 3.05) is 18.1 Å². The van der Waals surface area contributed by atoms with E-state index in [0.29, 0.717) is 5.82 Å². The van der Waals surface area contributed by atoms with Gasteiger partial charge in [0.25, 0.3) is 0 Å². The van der Waals surface area contributed by atoms with Crippen LogP contribution in [0.1, 0.15) is 35.7 Å². The molecule has 7 heteroatoms. The zero-order chi connectivity index (χ0) is 16.0. The van der Waals surface area contributed by atoms with Crippen LogP contribution in [0.15, 0.2) is 0 Å². The van der Waals surface area contributed by atoms with E-state index in [1.807, 2.05) is 4.90 Å². The summed E-state index contributed by atoms with van der Waals surface area (Å²) in [6, 6.07) is 0.220. The minimum absolute atomic E-state index is 0.139. The maximum absolute atomic E-state index is 14.0. The van der Waals surface area contributed by atoms with Crippen LogP contribution < -0.4 is 4.90 Å². The largest absolute Gasteiger partial charge is 0.465 e. The van der Waals surface area contributed by atoms with E-state index in [2.05, 4.69) is 4.98 Å². The molecule has 2 heterocycles. The third kappa shape index (κ3) is 2.35. The Labute approximate surface area is 132 Å². The Bertz CT molecular complexity index is 661. The number of ether oxygens (including phenoxy) is 1. The van der Waals surface area contributed by atoms with E-state index in [1.165, 1.54) is 6.92 Å². The van der Waals surface area contributed by atoms with Gasteiger partial charge in [0, 0.05) is 18.2 Å². The lowest BCUT2D eigenvalue weighted by atomic mass is 9.90. The summed E-state index contributed by atoms with van der Waals surface area (Å²) in [5.41, 5.74) is 0.290. The summed E-state index contributed by atoms with van der Waals surface area (Å²) in [4.78, 5) is 30.6. The lowest BCUT2D eigenvalue weighted by Crippen LogP contribution is -2.45. The van der Waals surface area contributed by atoms with Crippen LogP contribution in [0.3, 0.4) is 0 Å². The Balaban J connectivity index is 2.10. The topological polar surface area (TPSA) is 59.5 Å². The highest BCUT2D eigenvalue weighted by atomic mass is 35.5. The van der Waals surface area contributed by atoms with Gasteiger partial charge < -0.3 is 9.64 Å². The molecule has 3 rings (SSSR count). The molecule has 0 bridgehead atoms. The first-order valence-corrected chi connectivity index (χ1v) is 7.66. The van der Waals surface area contributed by atoms with E-state index in [1.54, 1.807) is 6.92 Å². The summed E-state index contributed by atoms with van der Waals surface area (Å²) in [6.45, 7) is 3.58. The number of rotatable bonds is 3. The van der Waals surface area contributed by atoms with Gasteiger partial charge in [0.2, 0.25) is 0 Å². The number of carbonyl (C=O) groups excluding carboxylic acids is 2. The average Bonchev–Trinajstić information content (AvgIpc) is 3.29. The van der Waals surface area contributed by atoms with Crippen molar-refractivity contribution in [2.45, 2.75) is 32.7 Å². The Morgan fingerprint density at radius 3 is 2.77 bits per heavy atom. The van der Waals surface area contributed by atoms with Crippen LogP contribution in [-0.2, 0) is 9.53 Å². The number of nitrogens with zero attached hydrogens (tertiary/aromatic N) is 2. The van der Waals surface area contributed by atoms with Crippen molar-refractivity contribution >= 4 is 29.2 Å². The second-order valence-corrected chi connectivity index (χ2v) is 5.95. The molecule has 1 saturated carbocycles. The SMILES string of the molecule is CCOC(=O)[C@@H]1CN(C2CC2)c2nc(Cl)c(F)c(C)c2C1=O. The normalized spacial score (nSPS) is 20.8. The first-order valence-electron chi connectivity index (χ1n) is 7.28. The first-order chi connectivity index (χ1) is 10.5. The summed E-state index contributed by atoms with van der Waals surface area (Å²) in [5.74, 6) is -2.27. The molecule has 0 N–H and O–H groups in total. The molecule has 1 fully saturated rings. The Kier molecular flexibility index (Phi) is 3.80. The molecular formula is C15H16ClFN2O3. The molecule has 0 saturated heterocycles. The third-order valence-electron chi connectivity index (χ3n) is 4.09. The minimum atomic E-state index is -0.936. The van der Waals surface area contributed by atoms with Crippen molar-refractivity contribution in [1.29, 1.82) is 0 Å². The maximum Gasteiger partial charge on any atom is 0.318 e. The van der Waals surface area contributed by atoms with Crippen molar-refractivity contribution in [1.82, 2.24) is 4.98 Å². The smallest absolute Gasteiger partial charge is 0.318 e. The number of anilines is 1. The molecule has 118 valence electrons. The highest BCUT2D eigenvalue weighted by Crippen LogP contribution is 2.40. The summed E-state index contributed by atoms with van der Waals surface area (Å²) < 4.78 is 19.0. The predicted molar refractivity (Wildman–Crippen MR) is 78.8 cm³/mol. The van der Waals surface area contributed by atoms with Crippen LogP contribution in [0.2, 0.25) is 5.15 Å². The first kappa shape index (κ1) is 15.2. The number of fused-ring (bicyclic) bond motifs is 1. The summed E-state index contributed by atoms with van der Waals surface area (Å²) in [7, 11) is 0. The molecule has 5 nitrogen and oxygen atoms in total. The summed E-state index contributed by atoms with van der Waals surface area (Å²) in [6.07, 6.45) is 1.91. The van der Waals surface area contributed by atoms with Crippen molar-refractivity contribution in [3.63, 3.8) is 0 Å². The van der Waals surface area contributed by atoms with Gasteiger partial charge in [-0.25, -0.2) is 9.37 Å². The van der Waals surface area contributed by atoms with Gasteiger partial charge in [-0.3, -0.25) is 9.59 Å². The fraction of sp³-hybridized carbons (Fsp3) is 0.533. The molecule has 1 aromatic rings. The van der Waals surface area contributed by atoms with Crippen LogP contribution in [-0.4, -0.2) is 35.9 Å². The average molecular weight is 327 g/mol. The van der Waals surface area contributed by atoms with Gasteiger partial charge >= 0.3 is 5.97 Å². The van der Waals surface area contributed by atoms with Crippen molar-refractivity contribution < 1.29 is 18.7 Å². The van der Waals surface area contributed by atoms with Gasteiger partial charge in [0.15, 0.2) is 16.8 Å². The Morgan fingerprint density at radius 2 is 2.18 bits per heavy atom. The maximum atomic E-state index is 14.0. The molecule has 0 spiro atoms. The predicted octanol–water partition coefficient (Wildman–Crippen LogP) is 2.53. The molecule has 1 aliphatic heterocycles. The van der Waals surface area contributed by atoms with E-state index in [0.717, 1.165) is 12.8 Å². The van der Waals surface area contributed by atoms with Crippen molar-refractivity contribution in [3.05, 3.63) is 22.1 Å². The van der Waals surface area contributed by atoms with Crippen molar-refractivity contribution in [3.8, 4) is 0 Å². The number of aromatic nitrogens is 1. The Hall–Kier alpha value is -1.69. The quantitative estimate of drug-likeness (QED) is 0.485. The zero-order valence-corrected chi connectivity index (χ0v) is 13.1. The fourth-order valence-electron chi connectivity index (χ4n) is 2.81. The van der Waals surface area contributed by atoms with Crippen LogP contribution in [0.4, 0.5) is 10.2 Å². The number of halogens is 2. The monoisotopic (exact) mass is 326 g/mol. The number of esters is 1. The number of pyridine rings is 1. The van der Waals surface area contributed by atoms with E-state index >= 15 is 0 Å². The van der Waals surface area contributed by atoms with Gasteiger partial charge in [-0.15, -0.1) is 0 Å². The summed E-state index contributed by atoms with van der Waals surface area (Å²) >= 11 is 5.82. The van der Waals surface area contributed by atoms with Gasteiger partial charge in [-0.2, -0.15) is 0 Å². The minimum Gasteiger partial charge on any atom is -0.465 e. The van der Waals surface area contributed by atoms with E-state index in [9.17, 15) is 14.0 Å². The highest BCUT2D eigenvalue weighted by Gasteiger charge is 2.44. The number of hydrogen-bond donors (Lipinski definition) is 0. The van der Waals surface area contributed by atoms with Gasteiger partial charge in [-0.05, 0) is 26.7 Å².